The highest BCUT2D eigenvalue weighted by atomic mass is 16.4. The molecule has 1 aromatic rings. The van der Waals surface area contributed by atoms with Gasteiger partial charge in [0.1, 0.15) is 11.8 Å². The molecule has 17 heavy (non-hydrogen) atoms. The van der Waals surface area contributed by atoms with E-state index in [1.165, 1.54) is 0 Å². The van der Waals surface area contributed by atoms with Crippen molar-refractivity contribution in [1.29, 1.82) is 0 Å². The Labute approximate surface area is 99.0 Å². The number of aliphatic carboxylic acids is 1. The van der Waals surface area contributed by atoms with E-state index in [0.29, 0.717) is 12.2 Å². The van der Waals surface area contributed by atoms with Gasteiger partial charge < -0.3 is 14.8 Å². The Morgan fingerprint density at radius 3 is 2.65 bits per heavy atom. The van der Waals surface area contributed by atoms with Crippen LogP contribution in [-0.2, 0) is 4.79 Å². The number of aryl methyl sites for hydroxylation is 1. The molecule has 0 bridgehead atoms. The first-order valence-electron chi connectivity index (χ1n) is 5.41. The second kappa shape index (κ2) is 5.47. The predicted molar refractivity (Wildman–Crippen MR) is 59.6 cm³/mol. The summed E-state index contributed by atoms with van der Waals surface area (Å²) < 4.78 is 4.90. The molecule has 0 radical (unpaired) electrons. The zero-order valence-corrected chi connectivity index (χ0v) is 10.1. The second-order valence-electron chi connectivity index (χ2n) is 3.93. The van der Waals surface area contributed by atoms with E-state index < -0.39 is 17.9 Å². The van der Waals surface area contributed by atoms with E-state index in [9.17, 15) is 9.59 Å². The minimum Gasteiger partial charge on any atom is -0.480 e. The average Bonchev–Trinajstić information content (AvgIpc) is 2.70. The molecule has 2 N–H and O–H groups in total. The van der Waals surface area contributed by atoms with Gasteiger partial charge in [0.2, 0.25) is 0 Å². The number of rotatable bonds is 5. The van der Waals surface area contributed by atoms with Gasteiger partial charge in [-0.1, -0.05) is 20.3 Å². The van der Waals surface area contributed by atoms with Gasteiger partial charge in [-0.25, -0.2) is 9.78 Å². The Hall–Kier alpha value is -1.85. The van der Waals surface area contributed by atoms with Gasteiger partial charge in [-0.3, -0.25) is 4.79 Å². The van der Waals surface area contributed by atoms with Gasteiger partial charge in [0.05, 0.1) is 0 Å². The summed E-state index contributed by atoms with van der Waals surface area (Å²) in [5.74, 6) is -1.35. The van der Waals surface area contributed by atoms with E-state index in [-0.39, 0.29) is 11.6 Å². The van der Waals surface area contributed by atoms with Crippen molar-refractivity contribution in [3.05, 3.63) is 17.8 Å². The molecule has 2 atom stereocenters. The molecule has 0 aliphatic rings. The molecule has 1 amide bonds. The quantitative estimate of drug-likeness (QED) is 0.807. The second-order valence-corrected chi connectivity index (χ2v) is 3.93. The van der Waals surface area contributed by atoms with Crippen molar-refractivity contribution >= 4 is 11.9 Å². The van der Waals surface area contributed by atoms with Crippen molar-refractivity contribution in [2.45, 2.75) is 33.2 Å². The number of hydrogen-bond donors (Lipinski definition) is 2. The molecule has 0 fully saturated rings. The van der Waals surface area contributed by atoms with E-state index in [4.69, 9.17) is 9.52 Å². The zero-order chi connectivity index (χ0) is 13.0. The maximum Gasteiger partial charge on any atom is 0.326 e. The van der Waals surface area contributed by atoms with Crippen LogP contribution in [0.1, 0.15) is 36.5 Å². The molecule has 1 aromatic heterocycles. The summed E-state index contributed by atoms with van der Waals surface area (Å²) in [6.07, 6.45) is 1.82. The summed E-state index contributed by atoms with van der Waals surface area (Å²) in [7, 11) is 0. The number of hydrogen-bond acceptors (Lipinski definition) is 4. The summed E-state index contributed by atoms with van der Waals surface area (Å²) in [4.78, 5) is 26.5. The van der Waals surface area contributed by atoms with Gasteiger partial charge in [-0.15, -0.1) is 0 Å². The van der Waals surface area contributed by atoms with Crippen LogP contribution in [0.3, 0.4) is 0 Å². The number of oxazole rings is 1. The maximum absolute atomic E-state index is 11.8. The lowest BCUT2D eigenvalue weighted by atomic mass is 9.99. The lowest BCUT2D eigenvalue weighted by Crippen LogP contribution is -2.45. The molecule has 94 valence electrons. The molecule has 0 spiro atoms. The molecule has 0 aliphatic carbocycles. The smallest absolute Gasteiger partial charge is 0.326 e. The van der Waals surface area contributed by atoms with E-state index in [0.717, 1.165) is 6.39 Å². The summed E-state index contributed by atoms with van der Waals surface area (Å²) in [6, 6.07) is -0.913. The van der Waals surface area contributed by atoms with Gasteiger partial charge in [0, 0.05) is 0 Å². The Morgan fingerprint density at radius 2 is 2.24 bits per heavy atom. The number of carbonyl (C=O) groups is 2. The van der Waals surface area contributed by atoms with Crippen LogP contribution in [-0.4, -0.2) is 28.0 Å². The zero-order valence-electron chi connectivity index (χ0n) is 10.1. The molecule has 0 saturated carbocycles. The molecule has 1 heterocycles. The lowest BCUT2D eigenvalue weighted by molar-refractivity contribution is -0.140. The molecule has 0 saturated heterocycles. The fourth-order valence-corrected chi connectivity index (χ4v) is 1.42. The monoisotopic (exact) mass is 240 g/mol. The molecular formula is C11H16N2O4. The summed E-state index contributed by atoms with van der Waals surface area (Å²) >= 11 is 0. The number of carboxylic acid groups (broad SMARTS) is 1. The largest absolute Gasteiger partial charge is 0.480 e. The third-order valence-corrected chi connectivity index (χ3v) is 2.73. The van der Waals surface area contributed by atoms with Crippen LogP contribution in [0.2, 0.25) is 0 Å². The molecule has 6 nitrogen and oxygen atoms in total. The minimum absolute atomic E-state index is 0.125. The van der Waals surface area contributed by atoms with Crippen molar-refractivity contribution < 1.29 is 19.1 Å². The van der Waals surface area contributed by atoms with Crippen molar-refractivity contribution in [2.75, 3.05) is 0 Å². The summed E-state index contributed by atoms with van der Waals surface area (Å²) in [5, 5.41) is 11.5. The highest BCUT2D eigenvalue weighted by Gasteiger charge is 2.27. The Bertz CT molecular complexity index is 413. The number of nitrogens with one attached hydrogen (secondary N) is 1. The van der Waals surface area contributed by atoms with Crippen LogP contribution < -0.4 is 5.32 Å². The maximum atomic E-state index is 11.8. The Morgan fingerprint density at radius 1 is 1.59 bits per heavy atom. The normalized spacial score (nSPS) is 14.1. The van der Waals surface area contributed by atoms with Crippen LogP contribution in [0.25, 0.3) is 0 Å². The molecule has 0 unspecified atom stereocenters. The van der Waals surface area contributed by atoms with Crippen LogP contribution in [0.4, 0.5) is 0 Å². The number of carboxylic acids is 1. The fraction of sp³-hybridized carbons (Fsp3) is 0.545. The molecular weight excluding hydrogens is 224 g/mol. The van der Waals surface area contributed by atoms with E-state index in [1.807, 2.05) is 6.92 Å². The Balaban J connectivity index is 2.78. The Kier molecular flexibility index (Phi) is 4.25. The number of carbonyl (C=O) groups excluding carboxylic acids is 1. The van der Waals surface area contributed by atoms with Gasteiger partial charge in [-0.2, -0.15) is 0 Å². The van der Waals surface area contributed by atoms with E-state index in [1.54, 1.807) is 13.8 Å². The van der Waals surface area contributed by atoms with Crippen molar-refractivity contribution in [2.24, 2.45) is 5.92 Å². The average molecular weight is 240 g/mol. The van der Waals surface area contributed by atoms with Crippen LogP contribution in [0.15, 0.2) is 10.8 Å². The molecule has 6 heteroatoms. The number of aromatic nitrogens is 1. The van der Waals surface area contributed by atoms with Crippen molar-refractivity contribution in [3.8, 4) is 0 Å². The standard InChI is InChI=1S/C11H16N2O4/c1-4-6(2)8(11(15)16)13-10(14)9-7(3)17-5-12-9/h5-6,8H,4H2,1-3H3,(H,13,14)(H,15,16)/t6-,8-/m0/s1. The highest BCUT2D eigenvalue weighted by Crippen LogP contribution is 2.10. The van der Waals surface area contributed by atoms with E-state index >= 15 is 0 Å². The molecule has 0 aliphatic heterocycles. The topological polar surface area (TPSA) is 92.4 Å². The van der Waals surface area contributed by atoms with E-state index in [2.05, 4.69) is 10.3 Å². The molecule has 1 rings (SSSR count). The van der Waals surface area contributed by atoms with Crippen molar-refractivity contribution in [3.63, 3.8) is 0 Å². The summed E-state index contributed by atoms with van der Waals surface area (Å²) in [6.45, 7) is 5.24. The highest BCUT2D eigenvalue weighted by molar-refractivity contribution is 5.95. The predicted octanol–water partition coefficient (Wildman–Crippen LogP) is 1.21. The van der Waals surface area contributed by atoms with Crippen LogP contribution >= 0.6 is 0 Å². The van der Waals surface area contributed by atoms with Gasteiger partial charge >= 0.3 is 5.97 Å². The fourth-order valence-electron chi connectivity index (χ4n) is 1.42. The third-order valence-electron chi connectivity index (χ3n) is 2.73. The number of amides is 1. The van der Waals surface area contributed by atoms with Gasteiger partial charge in [0.15, 0.2) is 12.1 Å². The van der Waals surface area contributed by atoms with Crippen LogP contribution in [0, 0.1) is 12.8 Å². The van der Waals surface area contributed by atoms with Gasteiger partial charge in [-0.05, 0) is 12.8 Å². The first kappa shape index (κ1) is 13.2. The lowest BCUT2D eigenvalue weighted by Gasteiger charge is -2.19. The van der Waals surface area contributed by atoms with Gasteiger partial charge in [0.25, 0.3) is 5.91 Å². The van der Waals surface area contributed by atoms with Crippen LogP contribution in [0.5, 0.6) is 0 Å². The first-order chi connectivity index (χ1) is 7.97. The SMILES string of the molecule is CC[C@H](C)[C@H](NC(=O)c1ncoc1C)C(=O)O. The third kappa shape index (κ3) is 3.05. The first-order valence-corrected chi connectivity index (χ1v) is 5.41. The number of nitrogens with zero attached hydrogens (tertiary/aromatic N) is 1. The molecule has 0 aromatic carbocycles. The summed E-state index contributed by atoms with van der Waals surface area (Å²) in [5.41, 5.74) is 0.125. The minimum atomic E-state index is -1.05. The van der Waals surface area contributed by atoms with Crippen molar-refractivity contribution in [1.82, 2.24) is 10.3 Å².